The molecule has 0 unspecified atom stereocenters. The molecule has 0 saturated heterocycles. The number of aliphatic carboxylic acids is 1. The number of ether oxygens (including phenoxy) is 1. The lowest BCUT2D eigenvalue weighted by Crippen LogP contribution is -2.52. The smallest absolute Gasteiger partial charge is 0.331 e. The quantitative estimate of drug-likeness (QED) is 0.209. The summed E-state index contributed by atoms with van der Waals surface area (Å²) in [7, 11) is 1.46. The van der Waals surface area contributed by atoms with Gasteiger partial charge in [0.25, 0.3) is 0 Å². The van der Waals surface area contributed by atoms with Crippen molar-refractivity contribution in [2.45, 2.75) is 99.0 Å². The Kier molecular flexibility index (Phi) is 8.35. The fourth-order valence-corrected chi connectivity index (χ4v) is 8.66. The van der Waals surface area contributed by atoms with E-state index in [9.17, 15) is 19.8 Å². The van der Waals surface area contributed by atoms with E-state index in [-0.39, 0.29) is 33.7 Å². The number of rotatable bonds is 9. The van der Waals surface area contributed by atoms with Gasteiger partial charge >= 0.3 is 11.9 Å². The highest BCUT2D eigenvalue weighted by Gasteiger charge is 2.63. The highest BCUT2D eigenvalue weighted by Crippen LogP contribution is 2.71. The summed E-state index contributed by atoms with van der Waals surface area (Å²) in [6.07, 6.45) is 10.6. The normalized spacial score (nSPS) is 37.8. The summed E-state index contributed by atoms with van der Waals surface area (Å²) < 4.78 is 4.99. The summed E-state index contributed by atoms with van der Waals surface area (Å²) in [4.78, 5) is 23.3. The van der Waals surface area contributed by atoms with E-state index in [4.69, 9.17) is 4.74 Å². The van der Waals surface area contributed by atoms with Crippen LogP contribution in [0.15, 0.2) is 35.5 Å². The van der Waals surface area contributed by atoms with E-state index in [0.717, 1.165) is 38.5 Å². The molecule has 0 aromatic rings. The fourth-order valence-electron chi connectivity index (χ4n) is 8.66. The Hall–Kier alpha value is -1.88. The maximum atomic E-state index is 12.1. The molecule has 0 amide bonds. The van der Waals surface area contributed by atoms with Crippen molar-refractivity contribution in [2.24, 2.45) is 39.9 Å². The Morgan fingerprint density at radius 2 is 1.86 bits per heavy atom. The second kappa shape index (κ2) is 10.5. The van der Waals surface area contributed by atoms with Crippen LogP contribution in [-0.4, -0.2) is 35.4 Å². The number of carboxylic acid groups (broad SMARTS) is 1. The summed E-state index contributed by atoms with van der Waals surface area (Å²) in [5.41, 5.74) is 3.11. The monoisotopic (exact) mass is 500 g/mol. The molecule has 3 rings (SSSR count). The van der Waals surface area contributed by atoms with E-state index < -0.39 is 12.1 Å². The van der Waals surface area contributed by atoms with E-state index in [0.29, 0.717) is 30.6 Å². The molecule has 5 heteroatoms. The van der Waals surface area contributed by atoms with Crippen LogP contribution in [-0.2, 0) is 14.3 Å². The van der Waals surface area contributed by atoms with Crippen LogP contribution < -0.4 is 0 Å². The van der Waals surface area contributed by atoms with Gasteiger partial charge in [-0.2, -0.15) is 0 Å². The Labute approximate surface area is 218 Å². The maximum Gasteiger partial charge on any atom is 0.331 e. The van der Waals surface area contributed by atoms with Crippen molar-refractivity contribution in [3.05, 3.63) is 35.5 Å². The van der Waals surface area contributed by atoms with E-state index in [1.165, 1.54) is 31.3 Å². The van der Waals surface area contributed by atoms with Crippen molar-refractivity contribution in [1.82, 2.24) is 0 Å². The highest BCUT2D eigenvalue weighted by molar-refractivity contribution is 5.85. The predicted octanol–water partition coefficient (Wildman–Crippen LogP) is 6.72. The van der Waals surface area contributed by atoms with E-state index in [1.54, 1.807) is 0 Å². The first kappa shape index (κ1) is 28.7. The second-order valence-corrected chi connectivity index (χ2v) is 12.8. The van der Waals surface area contributed by atoms with Crippen molar-refractivity contribution in [1.29, 1.82) is 0 Å². The van der Waals surface area contributed by atoms with Gasteiger partial charge in [0.15, 0.2) is 0 Å². The Morgan fingerprint density at radius 3 is 2.44 bits per heavy atom. The van der Waals surface area contributed by atoms with Crippen molar-refractivity contribution in [2.75, 3.05) is 7.11 Å². The average Bonchev–Trinajstić information content (AvgIpc) is 3.08. The fraction of sp³-hybridized carbons (Fsp3) is 0.742. The van der Waals surface area contributed by atoms with Crippen molar-refractivity contribution < 1.29 is 24.5 Å². The number of hydrogen-bond donors (Lipinski definition) is 2. The molecule has 0 bridgehead atoms. The molecule has 0 aromatic heterocycles. The van der Waals surface area contributed by atoms with Crippen molar-refractivity contribution in [3.8, 4) is 0 Å². The number of methoxy groups -OCH3 is 1. The zero-order valence-corrected chi connectivity index (χ0v) is 23.5. The van der Waals surface area contributed by atoms with Gasteiger partial charge in [-0.05, 0) is 105 Å². The molecule has 3 aliphatic carbocycles. The molecule has 0 aromatic carbocycles. The second-order valence-electron chi connectivity index (χ2n) is 12.8. The number of carbonyl (C=O) groups excluding carboxylic acids is 1. The Balaban J connectivity index is 1.91. The number of aliphatic hydroxyl groups excluding tert-OH is 1. The predicted molar refractivity (Wildman–Crippen MR) is 143 cm³/mol. The summed E-state index contributed by atoms with van der Waals surface area (Å²) in [6.45, 7) is 17.5. The summed E-state index contributed by atoms with van der Waals surface area (Å²) in [5.74, 6) is 0.476. The lowest BCUT2D eigenvalue weighted by Gasteiger charge is -2.60. The van der Waals surface area contributed by atoms with Crippen LogP contribution in [0.4, 0.5) is 0 Å². The van der Waals surface area contributed by atoms with Crippen LogP contribution >= 0.6 is 0 Å². The Morgan fingerprint density at radius 1 is 1.19 bits per heavy atom. The van der Waals surface area contributed by atoms with Crippen LogP contribution in [0.25, 0.3) is 0 Å². The number of carboxylic acids is 1. The lowest BCUT2D eigenvalue weighted by atomic mass is 9.44. The van der Waals surface area contributed by atoms with Crippen LogP contribution in [0.1, 0.15) is 92.9 Å². The molecule has 5 nitrogen and oxygen atoms in total. The molecule has 0 radical (unpaired) electrons. The van der Waals surface area contributed by atoms with Gasteiger partial charge in [-0.15, -0.1) is 0 Å². The molecule has 202 valence electrons. The molecule has 0 spiro atoms. The number of allylic oxidation sites excluding steroid dienone is 3. The number of hydrogen-bond acceptors (Lipinski definition) is 4. The van der Waals surface area contributed by atoms with Crippen molar-refractivity contribution in [3.63, 3.8) is 0 Å². The molecule has 3 aliphatic rings. The molecule has 2 N–H and O–H groups in total. The number of aliphatic hydroxyl groups is 1. The van der Waals surface area contributed by atoms with Gasteiger partial charge in [-0.25, -0.2) is 4.79 Å². The number of fused-ring (bicyclic) bond motifs is 3. The van der Waals surface area contributed by atoms with Crippen LogP contribution in [0, 0.1) is 39.9 Å². The average molecular weight is 501 g/mol. The standard InChI is InChI=1S/C31H48O5/c1-19(2)23-9-10-26-25(29(23,5)14-13-27(33)36-8)12-16-30(6)24(11-15-31(26,30)7)20(3)17-22(32)18-21(4)28(34)35/h12,18,20,22-24,26,32H,1,9-11,13-17H2,2-8H3,(H,34,35)/t20-,22-,23+,24-,26-,29+,30-,31+/m1/s1. The molecular weight excluding hydrogens is 452 g/mol. The third-order valence-corrected chi connectivity index (χ3v) is 10.9. The molecule has 0 aliphatic heterocycles. The van der Waals surface area contributed by atoms with Gasteiger partial charge in [0.1, 0.15) is 0 Å². The topological polar surface area (TPSA) is 83.8 Å². The number of carbonyl (C=O) groups is 2. The SMILES string of the molecule is C=C(C)[C@@H]1CC[C@@H]2C(=CC[C@]3(C)[C@@H]([C@H](C)C[C@@H](O)C=C(C)C(=O)O)CC[C@@]23C)[C@@]1(C)CCC(=O)OC. The minimum absolute atomic E-state index is 0.0909. The van der Waals surface area contributed by atoms with Gasteiger partial charge in [-0.1, -0.05) is 51.5 Å². The molecule has 2 saturated carbocycles. The molecule has 0 heterocycles. The van der Waals surface area contributed by atoms with E-state index >= 15 is 0 Å². The van der Waals surface area contributed by atoms with Crippen LogP contribution in [0.3, 0.4) is 0 Å². The van der Waals surface area contributed by atoms with Gasteiger partial charge in [0, 0.05) is 12.0 Å². The first-order valence-corrected chi connectivity index (χ1v) is 13.7. The first-order valence-electron chi connectivity index (χ1n) is 13.7. The van der Waals surface area contributed by atoms with Crippen LogP contribution in [0.5, 0.6) is 0 Å². The summed E-state index contributed by atoms with van der Waals surface area (Å²) >= 11 is 0. The minimum Gasteiger partial charge on any atom is -0.478 e. The van der Waals surface area contributed by atoms with Gasteiger partial charge in [0.2, 0.25) is 0 Å². The third-order valence-electron chi connectivity index (χ3n) is 10.9. The molecule has 36 heavy (non-hydrogen) atoms. The molecular formula is C31H48O5. The summed E-state index contributed by atoms with van der Waals surface area (Å²) in [6, 6.07) is 0. The van der Waals surface area contributed by atoms with E-state index in [2.05, 4.69) is 47.3 Å². The largest absolute Gasteiger partial charge is 0.478 e. The zero-order chi connectivity index (χ0) is 27.1. The first-order chi connectivity index (χ1) is 16.7. The van der Waals surface area contributed by atoms with Crippen molar-refractivity contribution >= 4 is 11.9 Å². The maximum absolute atomic E-state index is 12.1. The van der Waals surface area contributed by atoms with E-state index in [1.807, 2.05) is 0 Å². The van der Waals surface area contributed by atoms with Gasteiger partial charge < -0.3 is 14.9 Å². The Bertz CT molecular complexity index is 947. The lowest BCUT2D eigenvalue weighted by molar-refractivity contribution is -0.141. The minimum atomic E-state index is -0.979. The zero-order valence-electron chi connectivity index (χ0n) is 23.5. The number of esters is 1. The van der Waals surface area contributed by atoms with Crippen LogP contribution in [0.2, 0.25) is 0 Å². The summed E-state index contributed by atoms with van der Waals surface area (Å²) in [5, 5.41) is 19.8. The molecule has 8 atom stereocenters. The highest BCUT2D eigenvalue weighted by atomic mass is 16.5. The molecule has 2 fully saturated rings. The third kappa shape index (κ3) is 4.85. The van der Waals surface area contributed by atoms with Gasteiger partial charge in [-0.3, -0.25) is 4.79 Å². The van der Waals surface area contributed by atoms with Gasteiger partial charge in [0.05, 0.1) is 13.2 Å².